The number of rotatable bonds is 6. The third-order valence-electron chi connectivity index (χ3n) is 4.46. The number of benzene rings is 2. The molecule has 2 aromatic heterocycles. The van der Waals surface area contributed by atoms with Crippen LogP contribution in [0.1, 0.15) is 16.1 Å². The van der Waals surface area contributed by atoms with Gasteiger partial charge in [-0.1, -0.05) is 24.3 Å². The Morgan fingerprint density at radius 3 is 2.79 bits per heavy atom. The average molecular weight is 389 g/mol. The Bertz CT molecular complexity index is 1170. The predicted molar refractivity (Wildman–Crippen MR) is 108 cm³/mol. The van der Waals surface area contributed by atoms with Crippen LogP contribution >= 0.6 is 0 Å². The zero-order chi connectivity index (χ0) is 20.2. The summed E-state index contributed by atoms with van der Waals surface area (Å²) in [6.07, 6.45) is 5.34. The van der Waals surface area contributed by atoms with Crippen molar-refractivity contribution in [3.8, 4) is 11.5 Å². The topological polar surface area (TPSA) is 69.3 Å². The fourth-order valence-corrected chi connectivity index (χ4v) is 2.97. The Balaban J connectivity index is 1.52. The number of ether oxygens (including phenoxy) is 2. The van der Waals surface area contributed by atoms with Crippen LogP contribution in [0.4, 0.5) is 0 Å². The largest absolute Gasteiger partial charge is 0.493 e. The molecule has 146 valence electrons. The van der Waals surface area contributed by atoms with E-state index in [0.29, 0.717) is 17.1 Å². The van der Waals surface area contributed by atoms with Crippen LogP contribution in [-0.2, 0) is 13.7 Å². The van der Waals surface area contributed by atoms with Crippen molar-refractivity contribution in [1.29, 1.82) is 0 Å². The number of methoxy groups -OCH3 is 1. The summed E-state index contributed by atoms with van der Waals surface area (Å²) in [6.45, 7) is 0.264. The maximum Gasteiger partial charge on any atom is 0.286 e. The Morgan fingerprint density at radius 2 is 2.00 bits per heavy atom. The summed E-state index contributed by atoms with van der Waals surface area (Å²) < 4.78 is 14.7. The zero-order valence-electron chi connectivity index (χ0n) is 16.2. The molecule has 0 fully saturated rings. The van der Waals surface area contributed by atoms with E-state index in [9.17, 15) is 4.79 Å². The first-order valence-electron chi connectivity index (χ1n) is 9.12. The molecule has 0 atom stereocenters. The van der Waals surface area contributed by atoms with Crippen molar-refractivity contribution in [1.82, 2.24) is 9.66 Å². The molecule has 0 saturated carbocycles. The van der Waals surface area contributed by atoms with E-state index in [0.717, 1.165) is 16.6 Å². The van der Waals surface area contributed by atoms with Crippen LogP contribution in [0.2, 0.25) is 0 Å². The number of nitrogens with zero attached hydrogens (tertiary/aromatic N) is 3. The molecule has 2 aromatic carbocycles. The number of aryl methyl sites for hydroxylation is 1. The molecule has 1 amide bonds. The highest BCUT2D eigenvalue weighted by atomic mass is 16.5. The van der Waals surface area contributed by atoms with Gasteiger partial charge in [0.15, 0.2) is 17.7 Å². The number of hydrogen-bond acceptors (Lipinski definition) is 4. The molecular formula is C22H21N4O3+. The number of carbonyl (C=O) groups is 1. The third kappa shape index (κ3) is 4.19. The van der Waals surface area contributed by atoms with Crippen LogP contribution < -0.4 is 19.5 Å². The van der Waals surface area contributed by atoms with Crippen LogP contribution in [0.3, 0.4) is 0 Å². The average Bonchev–Trinajstić information content (AvgIpc) is 3.16. The van der Waals surface area contributed by atoms with Gasteiger partial charge < -0.3 is 9.47 Å². The van der Waals surface area contributed by atoms with Gasteiger partial charge in [0.25, 0.3) is 12.2 Å². The molecule has 0 aliphatic heterocycles. The van der Waals surface area contributed by atoms with E-state index >= 15 is 0 Å². The second kappa shape index (κ2) is 8.02. The van der Waals surface area contributed by atoms with Crippen LogP contribution in [0.5, 0.6) is 11.5 Å². The lowest BCUT2D eigenvalue weighted by molar-refractivity contribution is -0.670. The highest BCUT2D eigenvalue weighted by Crippen LogP contribution is 2.29. The maximum atomic E-state index is 12.5. The fourth-order valence-electron chi connectivity index (χ4n) is 2.97. The van der Waals surface area contributed by atoms with Crippen LogP contribution in [-0.4, -0.2) is 22.7 Å². The van der Waals surface area contributed by atoms with E-state index in [4.69, 9.17) is 9.47 Å². The van der Waals surface area contributed by atoms with Gasteiger partial charge in [-0.25, -0.2) is 9.55 Å². The SMILES string of the molecule is COc1ccc(C(=O)Nn2cc[n+](C)c2)cc1OCc1ccc2ccccc2n1. The summed E-state index contributed by atoms with van der Waals surface area (Å²) in [5.41, 5.74) is 4.95. The van der Waals surface area contributed by atoms with E-state index in [1.165, 1.54) is 0 Å². The lowest BCUT2D eigenvalue weighted by Gasteiger charge is -2.12. The van der Waals surface area contributed by atoms with Gasteiger partial charge in [-0.05, 0) is 30.3 Å². The molecule has 0 aliphatic carbocycles. The van der Waals surface area contributed by atoms with E-state index in [-0.39, 0.29) is 12.5 Å². The van der Waals surface area contributed by atoms with Gasteiger partial charge in [-0.3, -0.25) is 4.79 Å². The van der Waals surface area contributed by atoms with Gasteiger partial charge in [-0.2, -0.15) is 5.43 Å². The van der Waals surface area contributed by atoms with E-state index in [1.54, 1.807) is 42.5 Å². The first kappa shape index (κ1) is 18.5. The van der Waals surface area contributed by atoms with Crippen molar-refractivity contribution in [2.45, 2.75) is 6.61 Å². The minimum absolute atomic E-state index is 0.252. The van der Waals surface area contributed by atoms with Crippen molar-refractivity contribution in [3.05, 3.63) is 84.6 Å². The van der Waals surface area contributed by atoms with E-state index in [2.05, 4.69) is 10.4 Å². The fraction of sp³-hybridized carbons (Fsp3) is 0.136. The Morgan fingerprint density at radius 1 is 1.14 bits per heavy atom. The summed E-state index contributed by atoms with van der Waals surface area (Å²) in [4.78, 5) is 17.2. The van der Waals surface area contributed by atoms with Gasteiger partial charge in [-0.15, -0.1) is 4.68 Å². The molecular weight excluding hydrogens is 368 g/mol. The normalized spacial score (nSPS) is 10.7. The number of hydrogen-bond donors (Lipinski definition) is 1. The molecule has 7 heteroatoms. The molecule has 2 heterocycles. The number of imidazole rings is 1. The lowest BCUT2D eigenvalue weighted by atomic mass is 10.2. The Labute approximate surface area is 168 Å². The second-order valence-corrected chi connectivity index (χ2v) is 6.58. The number of carbonyl (C=O) groups excluding carboxylic acids is 1. The number of pyridine rings is 1. The van der Waals surface area contributed by atoms with Gasteiger partial charge in [0.2, 0.25) is 0 Å². The van der Waals surface area contributed by atoms with Crippen molar-refractivity contribution in [2.24, 2.45) is 7.05 Å². The number of amides is 1. The first-order valence-corrected chi connectivity index (χ1v) is 9.12. The summed E-state index contributed by atoms with van der Waals surface area (Å²) >= 11 is 0. The Kier molecular flexibility index (Phi) is 5.11. The monoisotopic (exact) mass is 389 g/mol. The van der Waals surface area contributed by atoms with Gasteiger partial charge in [0, 0.05) is 10.9 Å². The minimum atomic E-state index is -0.252. The zero-order valence-corrected chi connectivity index (χ0v) is 16.2. The highest BCUT2D eigenvalue weighted by molar-refractivity contribution is 6.00. The molecule has 0 spiro atoms. The van der Waals surface area contributed by atoms with E-state index < -0.39 is 0 Å². The van der Waals surface area contributed by atoms with Crippen LogP contribution in [0, 0.1) is 0 Å². The molecule has 0 unspecified atom stereocenters. The van der Waals surface area contributed by atoms with Crippen LogP contribution in [0.25, 0.3) is 10.9 Å². The van der Waals surface area contributed by atoms with Crippen molar-refractivity contribution < 1.29 is 18.8 Å². The molecule has 0 radical (unpaired) electrons. The summed E-state index contributed by atoms with van der Waals surface area (Å²) in [5.74, 6) is 0.778. The van der Waals surface area contributed by atoms with Crippen LogP contribution in [0.15, 0.2) is 73.3 Å². The molecule has 7 nitrogen and oxygen atoms in total. The molecule has 0 saturated heterocycles. The van der Waals surface area contributed by atoms with Crippen molar-refractivity contribution >= 4 is 16.8 Å². The van der Waals surface area contributed by atoms with Gasteiger partial charge >= 0.3 is 0 Å². The molecule has 1 N–H and O–H groups in total. The number of nitrogens with one attached hydrogen (secondary N) is 1. The predicted octanol–water partition coefficient (Wildman–Crippen LogP) is 2.83. The Hall–Kier alpha value is -3.87. The molecule has 29 heavy (non-hydrogen) atoms. The standard InChI is InChI=1S/C22H20N4O3/c1-25-11-12-26(15-25)24-22(27)17-8-10-20(28-2)21(13-17)29-14-18-9-7-16-5-3-4-6-19(16)23-18/h3-13,15H,14H2,1-2H3/p+1. The molecule has 0 bridgehead atoms. The van der Waals surface area contributed by atoms with Crippen molar-refractivity contribution in [3.63, 3.8) is 0 Å². The second-order valence-electron chi connectivity index (χ2n) is 6.58. The number of para-hydroxylation sites is 1. The maximum absolute atomic E-state index is 12.5. The quantitative estimate of drug-likeness (QED) is 0.515. The van der Waals surface area contributed by atoms with Gasteiger partial charge in [0.05, 0.1) is 25.4 Å². The third-order valence-corrected chi connectivity index (χ3v) is 4.46. The highest BCUT2D eigenvalue weighted by Gasteiger charge is 2.14. The number of fused-ring (bicyclic) bond motifs is 1. The molecule has 4 aromatic rings. The lowest BCUT2D eigenvalue weighted by Crippen LogP contribution is -2.27. The van der Waals surface area contributed by atoms with Crippen molar-refractivity contribution in [2.75, 3.05) is 12.5 Å². The first-order chi connectivity index (χ1) is 14.1. The summed E-state index contributed by atoms with van der Waals surface area (Å²) in [6, 6.07) is 16.9. The molecule has 0 aliphatic rings. The molecule has 4 rings (SSSR count). The van der Waals surface area contributed by atoms with E-state index in [1.807, 2.05) is 54.2 Å². The summed E-state index contributed by atoms with van der Waals surface area (Å²) in [5, 5.41) is 1.07. The minimum Gasteiger partial charge on any atom is -0.493 e. The van der Waals surface area contributed by atoms with Gasteiger partial charge in [0.1, 0.15) is 12.8 Å². The number of aromatic nitrogens is 3. The smallest absolute Gasteiger partial charge is 0.286 e. The summed E-state index contributed by atoms with van der Waals surface area (Å²) in [7, 11) is 3.44.